The molecule has 0 aliphatic rings. The van der Waals surface area contributed by atoms with Crippen molar-refractivity contribution in [1.82, 2.24) is 25.2 Å². The van der Waals surface area contributed by atoms with Crippen LogP contribution in [0.4, 0.5) is 0 Å². The molecule has 100 valence electrons. The van der Waals surface area contributed by atoms with E-state index < -0.39 is 0 Å². The van der Waals surface area contributed by atoms with Gasteiger partial charge in [-0.1, -0.05) is 5.21 Å². The molecule has 2 amide bonds. The smallest absolute Gasteiger partial charge is 0.244 e. The molecule has 1 heterocycles. The van der Waals surface area contributed by atoms with Crippen molar-refractivity contribution in [3.8, 4) is 0 Å². The summed E-state index contributed by atoms with van der Waals surface area (Å²) in [6, 6.07) is 0. The van der Waals surface area contributed by atoms with Gasteiger partial charge in [0.15, 0.2) is 0 Å². The van der Waals surface area contributed by atoms with Gasteiger partial charge >= 0.3 is 0 Å². The van der Waals surface area contributed by atoms with E-state index in [2.05, 4.69) is 15.6 Å². The van der Waals surface area contributed by atoms with Gasteiger partial charge in [0, 0.05) is 20.1 Å². The fourth-order valence-electron chi connectivity index (χ4n) is 1.38. The van der Waals surface area contributed by atoms with Gasteiger partial charge in [-0.15, -0.1) is 5.10 Å². The number of carbonyl (C=O) groups is 2. The van der Waals surface area contributed by atoms with E-state index in [1.807, 2.05) is 6.92 Å². The molecule has 18 heavy (non-hydrogen) atoms. The molecule has 0 fully saturated rings. The SMILES string of the molecule is CCN(CC(=O)NC)C(=O)Cn1cc(CN)nn1. The Bertz CT molecular complexity index is 416. The predicted molar refractivity (Wildman–Crippen MR) is 64.2 cm³/mol. The fourth-order valence-corrected chi connectivity index (χ4v) is 1.38. The summed E-state index contributed by atoms with van der Waals surface area (Å²) in [5.41, 5.74) is 6.02. The monoisotopic (exact) mass is 254 g/mol. The first-order chi connectivity index (χ1) is 8.60. The summed E-state index contributed by atoms with van der Waals surface area (Å²) in [7, 11) is 1.53. The molecule has 0 saturated heterocycles. The molecule has 0 atom stereocenters. The quantitative estimate of drug-likeness (QED) is 0.631. The van der Waals surface area contributed by atoms with Crippen LogP contribution in [0, 0.1) is 0 Å². The van der Waals surface area contributed by atoms with Gasteiger partial charge in [0.1, 0.15) is 6.54 Å². The molecule has 8 heteroatoms. The van der Waals surface area contributed by atoms with Crippen molar-refractivity contribution >= 4 is 11.8 Å². The lowest BCUT2D eigenvalue weighted by Crippen LogP contribution is -2.41. The minimum Gasteiger partial charge on any atom is -0.358 e. The Balaban J connectivity index is 2.59. The Labute approximate surface area is 105 Å². The minimum atomic E-state index is -0.202. The third-order valence-electron chi connectivity index (χ3n) is 2.44. The van der Waals surface area contributed by atoms with Crippen molar-refractivity contribution in [2.24, 2.45) is 5.73 Å². The van der Waals surface area contributed by atoms with E-state index in [0.717, 1.165) is 0 Å². The number of hydrogen-bond acceptors (Lipinski definition) is 5. The lowest BCUT2D eigenvalue weighted by atomic mass is 10.4. The number of hydrogen-bond donors (Lipinski definition) is 2. The molecule has 0 aliphatic carbocycles. The molecule has 1 rings (SSSR count). The van der Waals surface area contributed by atoms with Gasteiger partial charge in [0.05, 0.1) is 18.4 Å². The van der Waals surface area contributed by atoms with Crippen LogP contribution < -0.4 is 11.1 Å². The van der Waals surface area contributed by atoms with Gasteiger partial charge in [0.25, 0.3) is 0 Å². The molecule has 0 unspecified atom stereocenters. The summed E-state index contributed by atoms with van der Waals surface area (Å²) in [4.78, 5) is 24.6. The zero-order valence-corrected chi connectivity index (χ0v) is 10.6. The number of carbonyl (C=O) groups excluding carboxylic acids is 2. The third kappa shape index (κ3) is 3.81. The number of nitrogens with one attached hydrogen (secondary N) is 1. The minimum absolute atomic E-state index is 0.0459. The zero-order valence-electron chi connectivity index (χ0n) is 10.6. The lowest BCUT2D eigenvalue weighted by Gasteiger charge is -2.19. The van der Waals surface area contributed by atoms with Gasteiger partial charge in [-0.2, -0.15) is 0 Å². The normalized spacial score (nSPS) is 10.2. The summed E-state index contributed by atoms with van der Waals surface area (Å²) < 4.78 is 1.41. The molecule has 0 radical (unpaired) electrons. The topological polar surface area (TPSA) is 106 Å². The van der Waals surface area contributed by atoms with E-state index in [1.54, 1.807) is 6.20 Å². The standard InChI is InChI=1S/C10H18N6O2/c1-3-15(6-9(17)12-2)10(18)7-16-5-8(4-11)13-14-16/h5H,3-4,6-7,11H2,1-2H3,(H,12,17). The number of aromatic nitrogens is 3. The fraction of sp³-hybridized carbons (Fsp3) is 0.600. The van der Waals surface area contributed by atoms with E-state index >= 15 is 0 Å². The number of amides is 2. The first-order valence-corrected chi connectivity index (χ1v) is 5.68. The van der Waals surface area contributed by atoms with Gasteiger partial charge in [-0.3, -0.25) is 9.59 Å². The van der Waals surface area contributed by atoms with Crippen molar-refractivity contribution in [1.29, 1.82) is 0 Å². The Kier molecular flexibility index (Phi) is 5.25. The second kappa shape index (κ2) is 6.70. The molecular weight excluding hydrogens is 236 g/mol. The van der Waals surface area contributed by atoms with Crippen LogP contribution in [0.3, 0.4) is 0 Å². The predicted octanol–water partition coefficient (Wildman–Crippen LogP) is -1.67. The highest BCUT2D eigenvalue weighted by Crippen LogP contribution is 1.96. The molecule has 0 aromatic carbocycles. The highest BCUT2D eigenvalue weighted by molar-refractivity contribution is 5.84. The summed E-state index contributed by atoms with van der Waals surface area (Å²) in [5, 5.41) is 10.0. The van der Waals surface area contributed by atoms with Crippen molar-refractivity contribution in [2.45, 2.75) is 20.0 Å². The molecule has 0 spiro atoms. The number of rotatable bonds is 6. The molecule has 8 nitrogen and oxygen atoms in total. The Morgan fingerprint density at radius 3 is 2.78 bits per heavy atom. The molecule has 0 aliphatic heterocycles. The van der Waals surface area contributed by atoms with E-state index in [1.165, 1.54) is 16.6 Å². The highest BCUT2D eigenvalue weighted by Gasteiger charge is 2.15. The summed E-state index contributed by atoms with van der Waals surface area (Å²) in [6.07, 6.45) is 1.62. The molecule has 1 aromatic heterocycles. The van der Waals surface area contributed by atoms with Gasteiger partial charge in [0.2, 0.25) is 11.8 Å². The largest absolute Gasteiger partial charge is 0.358 e. The first kappa shape index (κ1) is 14.1. The third-order valence-corrected chi connectivity index (χ3v) is 2.44. The van der Waals surface area contributed by atoms with Crippen LogP contribution in [-0.2, 0) is 22.7 Å². The van der Waals surface area contributed by atoms with Crippen molar-refractivity contribution in [3.05, 3.63) is 11.9 Å². The number of nitrogens with zero attached hydrogens (tertiary/aromatic N) is 4. The molecular formula is C10H18N6O2. The van der Waals surface area contributed by atoms with Crippen LogP contribution in [0.5, 0.6) is 0 Å². The Morgan fingerprint density at radius 2 is 2.28 bits per heavy atom. The average molecular weight is 254 g/mol. The van der Waals surface area contributed by atoms with Crippen LogP contribution in [0.15, 0.2) is 6.20 Å². The van der Waals surface area contributed by atoms with Crippen molar-refractivity contribution in [2.75, 3.05) is 20.1 Å². The first-order valence-electron chi connectivity index (χ1n) is 5.68. The highest BCUT2D eigenvalue weighted by atomic mass is 16.2. The van der Waals surface area contributed by atoms with Gasteiger partial charge in [-0.05, 0) is 6.92 Å². The molecule has 3 N–H and O–H groups in total. The van der Waals surface area contributed by atoms with Crippen LogP contribution in [0.25, 0.3) is 0 Å². The maximum atomic E-state index is 11.9. The van der Waals surface area contributed by atoms with Crippen LogP contribution in [-0.4, -0.2) is 51.8 Å². The molecule has 1 aromatic rings. The van der Waals surface area contributed by atoms with Crippen LogP contribution >= 0.6 is 0 Å². The summed E-state index contributed by atoms with van der Waals surface area (Å²) in [6.45, 7) is 2.66. The second-order valence-electron chi connectivity index (χ2n) is 3.69. The maximum Gasteiger partial charge on any atom is 0.244 e. The Hall–Kier alpha value is -1.96. The van der Waals surface area contributed by atoms with Gasteiger partial charge in [-0.25, -0.2) is 4.68 Å². The maximum absolute atomic E-state index is 11.9. The number of nitrogens with two attached hydrogens (primary N) is 1. The van der Waals surface area contributed by atoms with Crippen LogP contribution in [0.2, 0.25) is 0 Å². The number of likely N-dealkylation sites (N-methyl/N-ethyl adjacent to an activating group) is 2. The molecule has 0 bridgehead atoms. The average Bonchev–Trinajstić information content (AvgIpc) is 2.82. The van der Waals surface area contributed by atoms with E-state index in [0.29, 0.717) is 12.2 Å². The summed E-state index contributed by atoms with van der Waals surface area (Å²) >= 11 is 0. The summed E-state index contributed by atoms with van der Waals surface area (Å²) in [5.74, 6) is -0.388. The molecule has 0 saturated carbocycles. The van der Waals surface area contributed by atoms with E-state index in [-0.39, 0.29) is 31.4 Å². The van der Waals surface area contributed by atoms with Crippen LogP contribution in [0.1, 0.15) is 12.6 Å². The van der Waals surface area contributed by atoms with E-state index in [9.17, 15) is 9.59 Å². The zero-order chi connectivity index (χ0) is 13.5. The van der Waals surface area contributed by atoms with Crippen molar-refractivity contribution in [3.63, 3.8) is 0 Å². The van der Waals surface area contributed by atoms with E-state index in [4.69, 9.17) is 5.73 Å². The van der Waals surface area contributed by atoms with Gasteiger partial charge < -0.3 is 16.0 Å². The van der Waals surface area contributed by atoms with Crippen molar-refractivity contribution < 1.29 is 9.59 Å². The second-order valence-corrected chi connectivity index (χ2v) is 3.69. The Morgan fingerprint density at radius 1 is 1.56 bits per heavy atom. The lowest BCUT2D eigenvalue weighted by molar-refractivity contribution is -0.136.